The molecule has 6 nitrogen and oxygen atoms in total. The molecule has 92 valence electrons. The van der Waals surface area contributed by atoms with Crippen molar-refractivity contribution in [3.8, 4) is 11.5 Å². The van der Waals surface area contributed by atoms with Crippen LogP contribution in [-0.4, -0.2) is 36.4 Å². The van der Waals surface area contributed by atoms with Crippen molar-refractivity contribution in [2.45, 2.75) is 6.42 Å². The molecule has 0 saturated heterocycles. The van der Waals surface area contributed by atoms with Gasteiger partial charge in [-0.15, -0.1) is 0 Å². The standard InChI is InChI=1S/C11H12O6/c1-16-9-5-8(12)7(11(15)17-2)3-6(9)4-10(13)14/h3,5,12H,4H2,1-2H3,(H,13,14). The van der Waals surface area contributed by atoms with Gasteiger partial charge in [0.2, 0.25) is 0 Å². The number of aromatic hydroxyl groups is 1. The van der Waals surface area contributed by atoms with E-state index in [1.165, 1.54) is 26.4 Å². The summed E-state index contributed by atoms with van der Waals surface area (Å²) in [7, 11) is 2.51. The van der Waals surface area contributed by atoms with Gasteiger partial charge in [0.1, 0.15) is 17.1 Å². The summed E-state index contributed by atoms with van der Waals surface area (Å²) in [5.74, 6) is -1.91. The second-order valence-electron chi connectivity index (χ2n) is 3.24. The fourth-order valence-corrected chi connectivity index (χ4v) is 1.38. The van der Waals surface area contributed by atoms with E-state index in [4.69, 9.17) is 9.84 Å². The number of carbonyl (C=O) groups is 2. The second kappa shape index (κ2) is 5.20. The molecule has 2 N–H and O–H groups in total. The van der Waals surface area contributed by atoms with Crippen LogP contribution in [0.25, 0.3) is 0 Å². The van der Waals surface area contributed by atoms with Crippen LogP contribution in [0, 0.1) is 0 Å². The number of carboxylic acid groups (broad SMARTS) is 1. The van der Waals surface area contributed by atoms with Gasteiger partial charge in [-0.25, -0.2) is 4.79 Å². The van der Waals surface area contributed by atoms with Crippen LogP contribution in [0.1, 0.15) is 15.9 Å². The number of hydrogen-bond donors (Lipinski definition) is 2. The Morgan fingerprint density at radius 3 is 2.41 bits per heavy atom. The second-order valence-corrected chi connectivity index (χ2v) is 3.24. The van der Waals surface area contributed by atoms with Gasteiger partial charge in [-0.2, -0.15) is 0 Å². The summed E-state index contributed by atoms with van der Waals surface area (Å²) < 4.78 is 9.38. The molecule has 1 aromatic carbocycles. The third-order valence-corrected chi connectivity index (χ3v) is 2.15. The summed E-state index contributed by atoms with van der Waals surface area (Å²) in [5, 5.41) is 18.3. The van der Waals surface area contributed by atoms with Gasteiger partial charge in [0, 0.05) is 11.6 Å². The molecule has 17 heavy (non-hydrogen) atoms. The normalized spacial score (nSPS) is 9.76. The molecular weight excluding hydrogens is 228 g/mol. The van der Waals surface area contributed by atoms with Crippen LogP contribution < -0.4 is 4.74 Å². The molecule has 6 heteroatoms. The number of ether oxygens (including phenoxy) is 2. The highest BCUT2D eigenvalue weighted by atomic mass is 16.5. The lowest BCUT2D eigenvalue weighted by atomic mass is 10.1. The Bertz CT molecular complexity index is 452. The lowest BCUT2D eigenvalue weighted by Crippen LogP contribution is -2.07. The summed E-state index contributed by atoms with van der Waals surface area (Å²) in [6, 6.07) is 2.43. The zero-order valence-corrected chi connectivity index (χ0v) is 9.39. The maximum atomic E-state index is 11.3. The lowest BCUT2D eigenvalue weighted by Gasteiger charge is -2.10. The van der Waals surface area contributed by atoms with Gasteiger partial charge in [-0.05, 0) is 6.07 Å². The lowest BCUT2D eigenvalue weighted by molar-refractivity contribution is -0.136. The number of carboxylic acids is 1. The number of methoxy groups -OCH3 is 2. The van der Waals surface area contributed by atoms with E-state index in [1.807, 2.05) is 0 Å². The first-order valence-corrected chi connectivity index (χ1v) is 4.69. The molecule has 0 fully saturated rings. The van der Waals surface area contributed by atoms with Gasteiger partial charge in [0.05, 0.1) is 20.6 Å². The van der Waals surface area contributed by atoms with Gasteiger partial charge in [0.15, 0.2) is 0 Å². The maximum absolute atomic E-state index is 11.3. The molecule has 1 aromatic rings. The molecule has 0 unspecified atom stereocenters. The van der Waals surface area contributed by atoms with Crippen molar-refractivity contribution in [2.24, 2.45) is 0 Å². The third kappa shape index (κ3) is 2.87. The predicted molar refractivity (Wildman–Crippen MR) is 57.3 cm³/mol. The minimum absolute atomic E-state index is 0.0930. The maximum Gasteiger partial charge on any atom is 0.341 e. The van der Waals surface area contributed by atoms with E-state index in [2.05, 4.69) is 4.74 Å². The predicted octanol–water partition coefficient (Wildman–Crippen LogP) is 0.814. The average Bonchev–Trinajstić information content (AvgIpc) is 2.29. The van der Waals surface area contributed by atoms with E-state index in [1.54, 1.807) is 0 Å². The van der Waals surface area contributed by atoms with Gasteiger partial charge < -0.3 is 19.7 Å². The van der Waals surface area contributed by atoms with Gasteiger partial charge in [-0.1, -0.05) is 0 Å². The molecule has 0 aromatic heterocycles. The van der Waals surface area contributed by atoms with Crippen molar-refractivity contribution >= 4 is 11.9 Å². The molecule has 0 saturated carbocycles. The molecule has 0 aliphatic rings. The van der Waals surface area contributed by atoms with E-state index >= 15 is 0 Å². The number of benzene rings is 1. The molecule has 0 aliphatic heterocycles. The minimum atomic E-state index is -1.06. The number of aliphatic carboxylic acids is 1. The van der Waals surface area contributed by atoms with Crippen LogP contribution >= 0.6 is 0 Å². The Kier molecular flexibility index (Phi) is 3.92. The highest BCUT2D eigenvalue weighted by Gasteiger charge is 2.17. The summed E-state index contributed by atoms with van der Waals surface area (Å²) >= 11 is 0. The monoisotopic (exact) mass is 240 g/mol. The Labute approximate surface area is 97.4 Å². The Morgan fingerprint density at radius 1 is 1.29 bits per heavy atom. The highest BCUT2D eigenvalue weighted by Crippen LogP contribution is 2.29. The van der Waals surface area contributed by atoms with E-state index in [0.717, 1.165) is 0 Å². The van der Waals surface area contributed by atoms with Crippen molar-refractivity contribution < 1.29 is 29.3 Å². The van der Waals surface area contributed by atoms with Crippen LogP contribution in [0.5, 0.6) is 11.5 Å². The number of esters is 1. The molecule has 0 bridgehead atoms. The number of rotatable bonds is 4. The smallest absolute Gasteiger partial charge is 0.341 e. The summed E-state index contributed by atoms with van der Waals surface area (Å²) in [4.78, 5) is 21.9. The van der Waals surface area contributed by atoms with E-state index in [-0.39, 0.29) is 23.5 Å². The Balaban J connectivity index is 3.26. The number of hydrogen-bond acceptors (Lipinski definition) is 5. The molecule has 0 amide bonds. The first-order valence-electron chi connectivity index (χ1n) is 4.69. The van der Waals surface area contributed by atoms with Crippen molar-refractivity contribution in [3.63, 3.8) is 0 Å². The molecule has 0 aliphatic carbocycles. The van der Waals surface area contributed by atoms with Gasteiger partial charge >= 0.3 is 11.9 Å². The average molecular weight is 240 g/mol. The Hall–Kier alpha value is -2.24. The van der Waals surface area contributed by atoms with Crippen molar-refractivity contribution in [1.29, 1.82) is 0 Å². The molecule has 1 rings (SSSR count). The first-order chi connectivity index (χ1) is 7.99. The van der Waals surface area contributed by atoms with E-state index < -0.39 is 11.9 Å². The number of carbonyl (C=O) groups excluding carboxylic acids is 1. The molecule has 0 radical (unpaired) electrons. The summed E-state index contributed by atoms with van der Waals surface area (Å²) in [5.41, 5.74) is 0.197. The molecular formula is C11H12O6. The van der Waals surface area contributed by atoms with Crippen molar-refractivity contribution in [1.82, 2.24) is 0 Å². The fraction of sp³-hybridized carbons (Fsp3) is 0.273. The van der Waals surface area contributed by atoms with Crippen LogP contribution in [0.3, 0.4) is 0 Å². The van der Waals surface area contributed by atoms with E-state index in [0.29, 0.717) is 5.56 Å². The molecule has 0 spiro atoms. The van der Waals surface area contributed by atoms with Crippen LogP contribution in [0.15, 0.2) is 12.1 Å². The third-order valence-electron chi connectivity index (χ3n) is 2.15. The van der Waals surface area contributed by atoms with Crippen LogP contribution in [0.4, 0.5) is 0 Å². The quantitative estimate of drug-likeness (QED) is 0.756. The van der Waals surface area contributed by atoms with E-state index in [9.17, 15) is 14.7 Å². The zero-order chi connectivity index (χ0) is 13.0. The highest BCUT2D eigenvalue weighted by molar-refractivity contribution is 5.93. The van der Waals surface area contributed by atoms with Gasteiger partial charge in [0.25, 0.3) is 0 Å². The van der Waals surface area contributed by atoms with Gasteiger partial charge in [-0.3, -0.25) is 4.79 Å². The zero-order valence-electron chi connectivity index (χ0n) is 9.39. The van der Waals surface area contributed by atoms with Crippen molar-refractivity contribution in [2.75, 3.05) is 14.2 Å². The van der Waals surface area contributed by atoms with Crippen LogP contribution in [0.2, 0.25) is 0 Å². The van der Waals surface area contributed by atoms with Crippen LogP contribution in [-0.2, 0) is 16.0 Å². The minimum Gasteiger partial charge on any atom is -0.507 e. The molecule has 0 atom stereocenters. The Morgan fingerprint density at radius 2 is 1.94 bits per heavy atom. The van der Waals surface area contributed by atoms with Crippen molar-refractivity contribution in [3.05, 3.63) is 23.3 Å². The number of phenols is 1. The summed E-state index contributed by atoms with van der Waals surface area (Å²) in [6.07, 6.45) is -0.312. The SMILES string of the molecule is COC(=O)c1cc(CC(=O)O)c(OC)cc1O. The number of phenolic OH excluding ortho intramolecular Hbond substituents is 1. The molecule has 0 heterocycles. The summed E-state index contributed by atoms with van der Waals surface area (Å²) in [6.45, 7) is 0. The largest absolute Gasteiger partial charge is 0.507 e. The fourth-order valence-electron chi connectivity index (χ4n) is 1.38. The first kappa shape index (κ1) is 12.8. The topological polar surface area (TPSA) is 93.1 Å².